The van der Waals surface area contributed by atoms with Crippen LogP contribution in [0.1, 0.15) is 40.9 Å². The molecule has 6 nitrogen and oxygen atoms in total. The van der Waals surface area contributed by atoms with Gasteiger partial charge in [-0.25, -0.2) is 0 Å². The number of rotatable bonds is 4. The number of fused-ring (bicyclic) bond motifs is 9. The molecule has 0 spiro atoms. The van der Waals surface area contributed by atoms with Gasteiger partial charge in [0, 0.05) is 44.4 Å². The minimum atomic E-state index is -0.335. The van der Waals surface area contributed by atoms with Crippen molar-refractivity contribution in [3.8, 4) is 39.8 Å². The molecule has 0 amide bonds. The predicted molar refractivity (Wildman–Crippen MR) is 258 cm³/mol. The number of carbonyl (C=O) groups is 1. The first-order valence-electron chi connectivity index (χ1n) is 21.7. The van der Waals surface area contributed by atoms with Crippen LogP contribution >= 0.6 is 0 Å². The van der Waals surface area contributed by atoms with Crippen molar-refractivity contribution in [2.75, 3.05) is 9.80 Å². The number of hydrogen-bond donors (Lipinski definition) is 0. The molecule has 0 fully saturated rings. The van der Waals surface area contributed by atoms with Crippen molar-refractivity contribution < 1.29 is 14.3 Å². The molecule has 1 aliphatic carbocycles. The van der Waals surface area contributed by atoms with Gasteiger partial charge in [0.25, 0.3) is 0 Å². The second kappa shape index (κ2) is 13.6. The van der Waals surface area contributed by atoms with E-state index in [9.17, 15) is 4.79 Å². The van der Waals surface area contributed by atoms with Crippen LogP contribution in [-0.4, -0.2) is 10.4 Å². The van der Waals surface area contributed by atoms with Gasteiger partial charge in [-0.3, -0.25) is 4.79 Å². The van der Waals surface area contributed by atoms with E-state index in [2.05, 4.69) is 156 Å². The molecule has 0 saturated carbocycles. The Hall–Kier alpha value is -8.35. The Morgan fingerprint density at radius 2 is 0.859 bits per heavy atom. The SMILES string of the molecule is CC1(C)c2ccccc2C(=O)c2ccc(-c3cccc(-n4c5ccc(N6c7ccccc7Oc7ccccc76)cc5c5cc(N6c7ccccc7Oc7ccccc76)ccc54)c3)cc21. The standard InChI is InChI=1S/C58H39N3O3/c1-58(2)45-17-4-3-16-41(45)57(62)42-29-26-37(33-46(42)58)36-14-13-15-38(32-36)59-47-30-27-39(60-49-18-5-9-22-53(49)63-54-23-10-6-19-50(54)60)34-43(47)44-35-40(28-31-48(44)59)61-51-20-7-11-24-55(51)64-56-25-12-8-21-52(56)61/h3-35H,1-2H3. The van der Waals surface area contributed by atoms with Crippen LogP contribution < -0.4 is 19.3 Å². The molecule has 9 aromatic carbocycles. The second-order valence-electron chi connectivity index (χ2n) is 17.3. The summed E-state index contributed by atoms with van der Waals surface area (Å²) in [6.07, 6.45) is 0. The maximum Gasteiger partial charge on any atom is 0.193 e. The van der Waals surface area contributed by atoms with E-state index in [1.165, 1.54) is 0 Å². The average molecular weight is 826 g/mol. The van der Waals surface area contributed by atoms with E-state index in [0.29, 0.717) is 0 Å². The summed E-state index contributed by atoms with van der Waals surface area (Å²) < 4.78 is 15.2. The molecule has 0 unspecified atom stereocenters. The number of hydrogen-bond acceptors (Lipinski definition) is 5. The number of ketones is 1. The molecule has 0 N–H and O–H groups in total. The van der Waals surface area contributed by atoms with Crippen molar-refractivity contribution in [3.63, 3.8) is 0 Å². The lowest BCUT2D eigenvalue weighted by molar-refractivity contribution is 0.103. The monoisotopic (exact) mass is 825 g/mol. The van der Waals surface area contributed by atoms with Gasteiger partial charge in [0.15, 0.2) is 28.8 Å². The summed E-state index contributed by atoms with van der Waals surface area (Å²) >= 11 is 0. The van der Waals surface area contributed by atoms with E-state index >= 15 is 0 Å². The summed E-state index contributed by atoms with van der Waals surface area (Å²) in [5.74, 6) is 3.33. The summed E-state index contributed by atoms with van der Waals surface area (Å²) in [5, 5.41) is 2.23. The molecule has 0 bridgehead atoms. The molecule has 10 aromatic rings. The van der Waals surface area contributed by atoms with Gasteiger partial charge in [0.2, 0.25) is 0 Å². The zero-order chi connectivity index (χ0) is 42.7. The second-order valence-corrected chi connectivity index (χ2v) is 17.3. The smallest absolute Gasteiger partial charge is 0.193 e. The van der Waals surface area contributed by atoms with Crippen LogP contribution in [-0.2, 0) is 5.41 Å². The Kier molecular flexibility index (Phi) is 7.70. The fourth-order valence-electron chi connectivity index (χ4n) is 10.3. The first-order valence-corrected chi connectivity index (χ1v) is 21.7. The Balaban J connectivity index is 1.01. The van der Waals surface area contributed by atoms with E-state index in [0.717, 1.165) is 118 Å². The summed E-state index contributed by atoms with van der Waals surface area (Å²) in [6, 6.07) is 69.6. The first-order chi connectivity index (χ1) is 31.4. The maximum absolute atomic E-state index is 13.8. The van der Waals surface area contributed by atoms with Crippen molar-refractivity contribution in [2.45, 2.75) is 19.3 Å². The maximum atomic E-state index is 13.8. The Morgan fingerprint density at radius 3 is 1.41 bits per heavy atom. The molecule has 2 aliphatic heterocycles. The molecule has 0 radical (unpaired) electrons. The Morgan fingerprint density at radius 1 is 0.391 bits per heavy atom. The Labute approximate surface area is 370 Å². The number of carbonyl (C=O) groups excluding carboxylic acids is 1. The third-order valence-corrected chi connectivity index (χ3v) is 13.3. The minimum absolute atomic E-state index is 0.0855. The molecular formula is C58H39N3O3. The minimum Gasteiger partial charge on any atom is -0.453 e. The van der Waals surface area contributed by atoms with Crippen molar-refractivity contribution >= 4 is 61.7 Å². The number of ether oxygens (including phenoxy) is 2. The predicted octanol–water partition coefficient (Wildman–Crippen LogP) is 15.5. The third kappa shape index (κ3) is 5.29. The lowest BCUT2D eigenvalue weighted by Gasteiger charge is -2.34. The largest absolute Gasteiger partial charge is 0.453 e. The summed E-state index contributed by atoms with van der Waals surface area (Å²) in [5.41, 5.74) is 14.7. The summed E-state index contributed by atoms with van der Waals surface area (Å²) in [6.45, 7) is 4.44. The van der Waals surface area contributed by atoms with Crippen LogP contribution in [0.3, 0.4) is 0 Å². The molecule has 3 aliphatic rings. The molecule has 0 saturated heterocycles. The number of anilines is 6. The highest BCUT2D eigenvalue weighted by atomic mass is 16.5. The number of aromatic nitrogens is 1. The number of benzene rings is 9. The van der Waals surface area contributed by atoms with E-state index in [4.69, 9.17) is 9.47 Å². The van der Waals surface area contributed by atoms with Crippen molar-refractivity contribution in [3.05, 3.63) is 222 Å². The van der Waals surface area contributed by atoms with Crippen LogP contribution in [0, 0.1) is 0 Å². The molecule has 304 valence electrons. The highest BCUT2D eigenvalue weighted by molar-refractivity contribution is 6.14. The fraction of sp³-hybridized carbons (Fsp3) is 0.0517. The zero-order valence-corrected chi connectivity index (χ0v) is 35.1. The Bertz CT molecular complexity index is 3360. The van der Waals surface area contributed by atoms with Gasteiger partial charge in [0.1, 0.15) is 0 Å². The van der Waals surface area contributed by atoms with Gasteiger partial charge in [0.05, 0.1) is 33.8 Å². The van der Waals surface area contributed by atoms with Gasteiger partial charge < -0.3 is 23.8 Å². The molecule has 6 heteroatoms. The van der Waals surface area contributed by atoms with Crippen LogP contribution in [0.25, 0.3) is 38.6 Å². The highest BCUT2D eigenvalue weighted by Crippen LogP contribution is 2.53. The topological polar surface area (TPSA) is 46.9 Å². The van der Waals surface area contributed by atoms with Gasteiger partial charge in [-0.15, -0.1) is 0 Å². The van der Waals surface area contributed by atoms with Crippen molar-refractivity contribution in [2.24, 2.45) is 0 Å². The molecular weight excluding hydrogens is 787 g/mol. The highest BCUT2D eigenvalue weighted by Gasteiger charge is 2.37. The van der Waals surface area contributed by atoms with Crippen LogP contribution in [0.5, 0.6) is 23.0 Å². The molecule has 13 rings (SSSR count). The number of para-hydroxylation sites is 8. The zero-order valence-electron chi connectivity index (χ0n) is 35.1. The first kappa shape index (κ1) is 36.3. The molecule has 3 heterocycles. The molecule has 64 heavy (non-hydrogen) atoms. The van der Waals surface area contributed by atoms with Gasteiger partial charge in [-0.2, -0.15) is 0 Å². The van der Waals surface area contributed by atoms with E-state index < -0.39 is 0 Å². The molecule has 1 aromatic heterocycles. The lowest BCUT2D eigenvalue weighted by Crippen LogP contribution is -2.30. The lowest BCUT2D eigenvalue weighted by atomic mass is 9.68. The summed E-state index contributed by atoms with van der Waals surface area (Å²) in [7, 11) is 0. The van der Waals surface area contributed by atoms with E-state index in [-0.39, 0.29) is 11.2 Å². The van der Waals surface area contributed by atoms with E-state index in [1.807, 2.05) is 72.8 Å². The normalized spacial score (nSPS) is 14.1. The van der Waals surface area contributed by atoms with Gasteiger partial charge in [-0.05, 0) is 125 Å². The average Bonchev–Trinajstić information content (AvgIpc) is 3.67. The fourth-order valence-corrected chi connectivity index (χ4v) is 10.3. The molecule has 0 atom stereocenters. The quantitative estimate of drug-likeness (QED) is 0.177. The van der Waals surface area contributed by atoms with E-state index in [1.54, 1.807) is 0 Å². The van der Waals surface area contributed by atoms with Crippen LogP contribution in [0.15, 0.2) is 200 Å². The van der Waals surface area contributed by atoms with Crippen LogP contribution in [0.2, 0.25) is 0 Å². The van der Waals surface area contributed by atoms with Crippen LogP contribution in [0.4, 0.5) is 34.1 Å². The van der Waals surface area contributed by atoms with Gasteiger partial charge in [-0.1, -0.05) is 111 Å². The van der Waals surface area contributed by atoms with Gasteiger partial charge >= 0.3 is 0 Å². The number of nitrogens with zero attached hydrogens (tertiary/aromatic N) is 3. The van der Waals surface area contributed by atoms with Crippen molar-refractivity contribution in [1.82, 2.24) is 4.57 Å². The third-order valence-electron chi connectivity index (χ3n) is 13.3. The van der Waals surface area contributed by atoms with Crippen molar-refractivity contribution in [1.29, 1.82) is 0 Å². The summed E-state index contributed by atoms with van der Waals surface area (Å²) in [4.78, 5) is 18.4.